The van der Waals surface area contributed by atoms with Crippen LogP contribution in [0, 0.1) is 11.8 Å². The smallest absolute Gasteiger partial charge is 0.315 e. The maximum Gasteiger partial charge on any atom is 0.315 e. The lowest BCUT2D eigenvalue weighted by Gasteiger charge is -2.28. The van der Waals surface area contributed by atoms with Crippen LogP contribution in [0.2, 0.25) is 10.0 Å². The summed E-state index contributed by atoms with van der Waals surface area (Å²) < 4.78 is 0. The highest BCUT2D eigenvalue weighted by atomic mass is 35.5. The third-order valence-electron chi connectivity index (χ3n) is 5.10. The summed E-state index contributed by atoms with van der Waals surface area (Å²) in [5.74, 6) is -0.682. The molecule has 0 spiro atoms. The van der Waals surface area contributed by atoms with Crippen LogP contribution in [0.15, 0.2) is 18.2 Å². The number of benzene rings is 1. The molecule has 2 saturated carbocycles. The van der Waals surface area contributed by atoms with Gasteiger partial charge in [-0.1, -0.05) is 29.3 Å². The molecular formula is C18H22Cl2N2O3. The van der Waals surface area contributed by atoms with Crippen LogP contribution < -0.4 is 10.6 Å². The molecule has 2 fully saturated rings. The Bertz CT molecular complexity index is 635. The molecule has 1 aromatic carbocycles. The molecule has 2 aliphatic carbocycles. The van der Waals surface area contributed by atoms with Gasteiger partial charge in [0.2, 0.25) is 0 Å². The van der Waals surface area contributed by atoms with Gasteiger partial charge in [0.15, 0.2) is 0 Å². The maximum absolute atomic E-state index is 12.4. The predicted molar refractivity (Wildman–Crippen MR) is 97.0 cm³/mol. The number of urea groups is 1. The van der Waals surface area contributed by atoms with Crippen LogP contribution in [0.4, 0.5) is 4.79 Å². The molecule has 0 saturated heterocycles. The second-order valence-electron chi connectivity index (χ2n) is 6.96. The van der Waals surface area contributed by atoms with Gasteiger partial charge in [0.05, 0.1) is 12.0 Å². The van der Waals surface area contributed by atoms with Crippen molar-refractivity contribution in [3.63, 3.8) is 0 Å². The summed E-state index contributed by atoms with van der Waals surface area (Å²) in [6.07, 6.45) is 4.65. The molecule has 1 atom stereocenters. The number of rotatable bonds is 5. The summed E-state index contributed by atoms with van der Waals surface area (Å²) in [7, 11) is 0. The van der Waals surface area contributed by atoms with E-state index in [2.05, 4.69) is 10.6 Å². The summed E-state index contributed by atoms with van der Waals surface area (Å²) >= 11 is 12.6. The number of hydrogen-bond donors (Lipinski definition) is 3. The van der Waals surface area contributed by atoms with Gasteiger partial charge in [-0.25, -0.2) is 4.79 Å². The first-order chi connectivity index (χ1) is 12.0. The molecule has 0 bridgehead atoms. The van der Waals surface area contributed by atoms with Gasteiger partial charge < -0.3 is 15.7 Å². The van der Waals surface area contributed by atoms with Crippen molar-refractivity contribution >= 4 is 35.2 Å². The van der Waals surface area contributed by atoms with Crippen molar-refractivity contribution in [1.82, 2.24) is 10.6 Å². The number of halogens is 2. The molecule has 136 valence electrons. The first-order valence-corrected chi connectivity index (χ1v) is 9.45. The normalized spacial score (nSPS) is 24.4. The quantitative estimate of drug-likeness (QED) is 0.704. The van der Waals surface area contributed by atoms with Gasteiger partial charge in [-0.2, -0.15) is 0 Å². The summed E-state index contributed by atoms with van der Waals surface area (Å²) in [6, 6.07) is 4.93. The first kappa shape index (κ1) is 18.3. The van der Waals surface area contributed by atoms with Crippen molar-refractivity contribution in [3.8, 4) is 0 Å². The Balaban J connectivity index is 1.60. The van der Waals surface area contributed by atoms with Crippen molar-refractivity contribution in [2.75, 3.05) is 0 Å². The van der Waals surface area contributed by atoms with Gasteiger partial charge in [-0.05, 0) is 56.6 Å². The number of carbonyl (C=O) groups excluding carboxylic acids is 1. The van der Waals surface area contributed by atoms with E-state index >= 15 is 0 Å². The Labute approximate surface area is 157 Å². The van der Waals surface area contributed by atoms with Crippen LogP contribution in [-0.4, -0.2) is 23.1 Å². The zero-order valence-electron chi connectivity index (χ0n) is 13.8. The van der Waals surface area contributed by atoms with Gasteiger partial charge in [0.25, 0.3) is 0 Å². The van der Waals surface area contributed by atoms with Crippen molar-refractivity contribution in [2.24, 2.45) is 11.8 Å². The summed E-state index contributed by atoms with van der Waals surface area (Å²) in [5, 5.41) is 16.2. The van der Waals surface area contributed by atoms with E-state index in [-0.39, 0.29) is 24.0 Å². The molecule has 3 N–H and O–H groups in total. The van der Waals surface area contributed by atoms with E-state index in [0.29, 0.717) is 41.6 Å². The molecule has 7 heteroatoms. The van der Waals surface area contributed by atoms with E-state index in [1.165, 1.54) is 0 Å². The van der Waals surface area contributed by atoms with E-state index in [1.54, 1.807) is 18.2 Å². The third kappa shape index (κ3) is 4.59. The van der Waals surface area contributed by atoms with E-state index in [4.69, 9.17) is 28.3 Å². The zero-order valence-corrected chi connectivity index (χ0v) is 15.3. The molecule has 0 radical (unpaired) electrons. The molecular weight excluding hydrogens is 363 g/mol. The number of aliphatic carboxylic acids is 1. The number of carbonyl (C=O) groups is 2. The predicted octanol–water partition coefficient (Wildman–Crippen LogP) is 4.39. The van der Waals surface area contributed by atoms with Gasteiger partial charge in [-0.3, -0.25) is 4.79 Å². The molecule has 0 heterocycles. The minimum atomic E-state index is -0.745. The van der Waals surface area contributed by atoms with Crippen LogP contribution in [0.3, 0.4) is 0 Å². The number of amides is 2. The molecule has 1 aromatic rings. The standard InChI is InChI=1S/C18H22Cl2N2O3/c19-13-2-1-3-14(20)15(13)16(10-4-5-10)22-18(25)21-12-8-6-11(7-9-12)17(23)24/h1-3,10-12,16H,4-9H2,(H,23,24)(H2,21,22,25). The van der Waals surface area contributed by atoms with Gasteiger partial charge in [0, 0.05) is 21.7 Å². The maximum atomic E-state index is 12.4. The Hall–Kier alpha value is -1.46. The van der Waals surface area contributed by atoms with Crippen molar-refractivity contribution in [2.45, 2.75) is 50.6 Å². The minimum Gasteiger partial charge on any atom is -0.481 e. The Kier molecular flexibility index (Phi) is 5.74. The van der Waals surface area contributed by atoms with Gasteiger partial charge >= 0.3 is 12.0 Å². The van der Waals surface area contributed by atoms with Gasteiger partial charge in [0.1, 0.15) is 0 Å². The van der Waals surface area contributed by atoms with E-state index in [9.17, 15) is 9.59 Å². The average molecular weight is 385 g/mol. The summed E-state index contributed by atoms with van der Waals surface area (Å²) in [4.78, 5) is 23.4. The second kappa shape index (κ2) is 7.83. The lowest BCUT2D eigenvalue weighted by molar-refractivity contribution is -0.142. The molecule has 1 unspecified atom stereocenters. The fraction of sp³-hybridized carbons (Fsp3) is 0.556. The number of hydrogen-bond acceptors (Lipinski definition) is 2. The van der Waals surface area contributed by atoms with Crippen molar-refractivity contribution in [1.29, 1.82) is 0 Å². The topological polar surface area (TPSA) is 78.4 Å². The highest BCUT2D eigenvalue weighted by molar-refractivity contribution is 6.36. The van der Waals surface area contributed by atoms with Crippen molar-refractivity contribution in [3.05, 3.63) is 33.8 Å². The highest BCUT2D eigenvalue weighted by Crippen LogP contribution is 2.45. The molecule has 5 nitrogen and oxygen atoms in total. The molecule has 0 aromatic heterocycles. The van der Waals surface area contributed by atoms with E-state index < -0.39 is 5.97 Å². The Morgan fingerprint density at radius 1 is 1.04 bits per heavy atom. The van der Waals surface area contributed by atoms with Gasteiger partial charge in [-0.15, -0.1) is 0 Å². The Morgan fingerprint density at radius 2 is 1.64 bits per heavy atom. The average Bonchev–Trinajstić information content (AvgIpc) is 3.39. The molecule has 2 aliphatic rings. The van der Waals surface area contributed by atoms with E-state index in [0.717, 1.165) is 18.4 Å². The summed E-state index contributed by atoms with van der Waals surface area (Å²) in [5.41, 5.74) is 0.776. The zero-order chi connectivity index (χ0) is 18.0. The Morgan fingerprint density at radius 3 is 2.16 bits per heavy atom. The van der Waals surface area contributed by atoms with Crippen LogP contribution in [0.1, 0.15) is 50.1 Å². The number of nitrogens with one attached hydrogen (secondary N) is 2. The van der Waals surface area contributed by atoms with Crippen LogP contribution in [0.5, 0.6) is 0 Å². The minimum absolute atomic E-state index is 0.0113. The van der Waals surface area contributed by atoms with Crippen LogP contribution in [0.25, 0.3) is 0 Å². The van der Waals surface area contributed by atoms with Crippen LogP contribution in [-0.2, 0) is 4.79 Å². The summed E-state index contributed by atoms with van der Waals surface area (Å²) in [6.45, 7) is 0. The van der Waals surface area contributed by atoms with E-state index in [1.807, 2.05) is 0 Å². The molecule has 0 aliphatic heterocycles. The monoisotopic (exact) mass is 384 g/mol. The molecule has 25 heavy (non-hydrogen) atoms. The van der Waals surface area contributed by atoms with Crippen LogP contribution >= 0.6 is 23.2 Å². The fourth-order valence-corrected chi connectivity index (χ4v) is 4.15. The largest absolute Gasteiger partial charge is 0.481 e. The first-order valence-electron chi connectivity index (χ1n) is 8.69. The number of carboxylic acids is 1. The lowest BCUT2D eigenvalue weighted by atomic mass is 9.86. The fourth-order valence-electron chi connectivity index (χ4n) is 3.52. The molecule has 3 rings (SSSR count). The third-order valence-corrected chi connectivity index (χ3v) is 5.76. The lowest BCUT2D eigenvalue weighted by Crippen LogP contribution is -2.45. The van der Waals surface area contributed by atoms with Crippen molar-refractivity contribution < 1.29 is 14.7 Å². The number of carboxylic acid groups (broad SMARTS) is 1. The second-order valence-corrected chi connectivity index (χ2v) is 7.77. The SMILES string of the molecule is O=C(NC1CCC(C(=O)O)CC1)NC(c1c(Cl)cccc1Cl)C1CC1. The highest BCUT2D eigenvalue weighted by Gasteiger charge is 2.36. The molecule has 2 amide bonds.